The van der Waals surface area contributed by atoms with E-state index < -0.39 is 0 Å². The molecule has 1 aliphatic heterocycles. The molecule has 2 aromatic rings. The number of fused-ring (bicyclic) bond motifs is 1. The monoisotopic (exact) mass is 242 g/mol. The Morgan fingerprint density at radius 2 is 2.28 bits per heavy atom. The number of hydrogen-bond donors (Lipinski definition) is 2. The van der Waals surface area contributed by atoms with E-state index in [0.29, 0.717) is 5.92 Å². The summed E-state index contributed by atoms with van der Waals surface area (Å²) in [5, 5.41) is 11.3. The van der Waals surface area contributed by atoms with E-state index in [0.717, 1.165) is 25.5 Å². The van der Waals surface area contributed by atoms with Gasteiger partial charge in [0, 0.05) is 43.5 Å². The lowest BCUT2D eigenvalue weighted by Gasteiger charge is -2.10. The van der Waals surface area contributed by atoms with Crippen LogP contribution in [0, 0.1) is 0 Å². The number of aromatic nitrogens is 2. The van der Waals surface area contributed by atoms with E-state index in [4.69, 9.17) is 0 Å². The maximum Gasteiger partial charge on any atom is 0.148 e. The van der Waals surface area contributed by atoms with Crippen LogP contribution in [0.5, 0.6) is 0 Å². The first-order chi connectivity index (χ1) is 8.86. The van der Waals surface area contributed by atoms with Crippen molar-refractivity contribution in [1.29, 1.82) is 0 Å². The Labute approximate surface area is 107 Å². The Hall–Kier alpha value is -1.97. The van der Waals surface area contributed by atoms with Crippen molar-refractivity contribution in [1.82, 2.24) is 9.78 Å². The summed E-state index contributed by atoms with van der Waals surface area (Å²) in [4.78, 5) is 0. The number of hydrogen-bond acceptors (Lipinski definition) is 3. The molecule has 0 saturated carbocycles. The molecule has 0 bridgehead atoms. The predicted octanol–water partition coefficient (Wildman–Crippen LogP) is 2.52. The summed E-state index contributed by atoms with van der Waals surface area (Å²) in [5.74, 6) is 1.48. The van der Waals surface area contributed by atoms with Gasteiger partial charge in [-0.2, -0.15) is 5.10 Å². The molecule has 4 heteroatoms. The van der Waals surface area contributed by atoms with Crippen LogP contribution in [0.2, 0.25) is 0 Å². The van der Waals surface area contributed by atoms with E-state index in [1.54, 1.807) is 0 Å². The molecule has 1 atom stereocenters. The molecule has 1 aromatic carbocycles. The first kappa shape index (κ1) is 11.1. The fourth-order valence-electron chi connectivity index (χ4n) is 2.40. The lowest BCUT2D eigenvalue weighted by molar-refractivity contribution is 0.659. The van der Waals surface area contributed by atoms with Crippen LogP contribution >= 0.6 is 0 Å². The molecule has 18 heavy (non-hydrogen) atoms. The largest absolute Gasteiger partial charge is 0.384 e. The molecule has 4 nitrogen and oxygen atoms in total. The smallest absolute Gasteiger partial charge is 0.148 e. The Morgan fingerprint density at radius 3 is 3.11 bits per heavy atom. The van der Waals surface area contributed by atoms with E-state index >= 15 is 0 Å². The minimum absolute atomic E-state index is 0.521. The second-order valence-corrected chi connectivity index (χ2v) is 4.60. The Morgan fingerprint density at radius 1 is 1.39 bits per heavy atom. The topological polar surface area (TPSA) is 41.9 Å². The van der Waals surface area contributed by atoms with E-state index in [9.17, 15) is 0 Å². The van der Waals surface area contributed by atoms with Gasteiger partial charge in [-0.15, -0.1) is 0 Å². The van der Waals surface area contributed by atoms with Gasteiger partial charge in [0.2, 0.25) is 0 Å². The van der Waals surface area contributed by atoms with E-state index in [1.165, 1.54) is 11.3 Å². The average molecular weight is 242 g/mol. The van der Waals surface area contributed by atoms with E-state index in [2.05, 4.69) is 46.9 Å². The summed E-state index contributed by atoms with van der Waals surface area (Å²) in [6.45, 7) is 4.93. The van der Waals surface area contributed by atoms with Gasteiger partial charge in [-0.3, -0.25) is 4.68 Å². The highest BCUT2D eigenvalue weighted by molar-refractivity contribution is 5.58. The van der Waals surface area contributed by atoms with Gasteiger partial charge in [0.1, 0.15) is 5.82 Å². The molecule has 0 spiro atoms. The number of aryl methyl sites for hydroxylation is 1. The van der Waals surface area contributed by atoms with Crippen LogP contribution in [0.15, 0.2) is 36.5 Å². The fourth-order valence-corrected chi connectivity index (χ4v) is 2.40. The van der Waals surface area contributed by atoms with Crippen LogP contribution in [0.3, 0.4) is 0 Å². The van der Waals surface area contributed by atoms with Gasteiger partial charge in [-0.25, -0.2) is 0 Å². The van der Waals surface area contributed by atoms with Gasteiger partial charge >= 0.3 is 0 Å². The molecule has 3 rings (SSSR count). The van der Waals surface area contributed by atoms with Gasteiger partial charge in [0.25, 0.3) is 0 Å². The van der Waals surface area contributed by atoms with Crippen LogP contribution in [-0.4, -0.2) is 22.9 Å². The Balaban J connectivity index is 1.65. The van der Waals surface area contributed by atoms with Crippen LogP contribution in [0.4, 0.5) is 11.5 Å². The molecule has 1 aliphatic rings. The second-order valence-electron chi connectivity index (χ2n) is 4.60. The highest BCUT2D eigenvalue weighted by atomic mass is 15.3. The van der Waals surface area contributed by atoms with Crippen molar-refractivity contribution < 1.29 is 0 Å². The Kier molecular flexibility index (Phi) is 2.92. The third kappa shape index (κ3) is 2.06. The minimum atomic E-state index is 0.521. The normalized spacial score (nSPS) is 17.3. The van der Waals surface area contributed by atoms with Crippen molar-refractivity contribution in [3.63, 3.8) is 0 Å². The number of benzene rings is 1. The molecule has 2 heterocycles. The van der Waals surface area contributed by atoms with E-state index in [-0.39, 0.29) is 0 Å². The maximum absolute atomic E-state index is 4.43. The number of nitrogens with one attached hydrogen (secondary N) is 2. The second kappa shape index (κ2) is 4.72. The highest BCUT2D eigenvalue weighted by Crippen LogP contribution is 2.30. The molecule has 0 aliphatic carbocycles. The number of rotatable bonds is 4. The number of anilines is 2. The van der Waals surface area contributed by atoms with Gasteiger partial charge in [-0.05, 0) is 18.6 Å². The molecule has 1 unspecified atom stereocenters. The zero-order chi connectivity index (χ0) is 12.4. The third-order valence-corrected chi connectivity index (χ3v) is 3.43. The molecule has 0 radical (unpaired) electrons. The lowest BCUT2D eigenvalue weighted by Crippen LogP contribution is -2.14. The summed E-state index contributed by atoms with van der Waals surface area (Å²) < 4.78 is 1.93. The summed E-state index contributed by atoms with van der Waals surface area (Å²) >= 11 is 0. The van der Waals surface area contributed by atoms with Crippen LogP contribution in [-0.2, 0) is 6.54 Å². The van der Waals surface area contributed by atoms with Crippen LogP contribution in [0.1, 0.15) is 18.4 Å². The van der Waals surface area contributed by atoms with Gasteiger partial charge in [0.05, 0.1) is 0 Å². The standard InChI is InChI=1S/C14H18N4/c1-2-18-8-7-14(17-18)16-10-11-9-15-13-6-4-3-5-12(11)13/h3-8,11,15H,2,9-10H2,1H3,(H,16,17). The van der Waals surface area contributed by atoms with Crippen molar-refractivity contribution in [2.24, 2.45) is 0 Å². The average Bonchev–Trinajstić information content (AvgIpc) is 3.03. The van der Waals surface area contributed by atoms with Crippen LogP contribution < -0.4 is 10.6 Å². The highest BCUT2D eigenvalue weighted by Gasteiger charge is 2.21. The molecule has 1 aromatic heterocycles. The first-order valence-electron chi connectivity index (χ1n) is 6.47. The van der Waals surface area contributed by atoms with Crippen molar-refractivity contribution in [2.75, 3.05) is 23.7 Å². The molecule has 0 amide bonds. The molecule has 0 fully saturated rings. The number of nitrogens with zero attached hydrogens (tertiary/aromatic N) is 2. The van der Waals surface area contributed by atoms with Crippen molar-refractivity contribution >= 4 is 11.5 Å². The Bertz CT molecular complexity index is 532. The molecular formula is C14H18N4. The molecular weight excluding hydrogens is 224 g/mol. The first-order valence-corrected chi connectivity index (χ1v) is 6.47. The van der Waals surface area contributed by atoms with Crippen molar-refractivity contribution in [3.05, 3.63) is 42.1 Å². The summed E-state index contributed by atoms with van der Waals surface area (Å²) in [6.07, 6.45) is 2.00. The fraction of sp³-hybridized carbons (Fsp3) is 0.357. The third-order valence-electron chi connectivity index (χ3n) is 3.43. The quantitative estimate of drug-likeness (QED) is 0.865. The predicted molar refractivity (Wildman–Crippen MR) is 74.1 cm³/mol. The van der Waals surface area contributed by atoms with E-state index in [1.807, 2.05) is 16.9 Å². The lowest BCUT2D eigenvalue weighted by atomic mass is 10.0. The zero-order valence-electron chi connectivity index (χ0n) is 10.6. The van der Waals surface area contributed by atoms with Gasteiger partial charge < -0.3 is 10.6 Å². The molecule has 94 valence electrons. The van der Waals surface area contributed by atoms with Crippen molar-refractivity contribution in [3.8, 4) is 0 Å². The summed E-state index contributed by atoms with van der Waals surface area (Å²) in [6, 6.07) is 10.5. The maximum atomic E-state index is 4.43. The minimum Gasteiger partial charge on any atom is -0.384 e. The van der Waals surface area contributed by atoms with Crippen LogP contribution in [0.25, 0.3) is 0 Å². The van der Waals surface area contributed by atoms with Gasteiger partial charge in [0.15, 0.2) is 0 Å². The molecule has 2 N–H and O–H groups in total. The summed E-state index contributed by atoms with van der Waals surface area (Å²) in [5.41, 5.74) is 2.67. The SMILES string of the molecule is CCn1ccc(NCC2CNc3ccccc32)n1. The number of para-hydroxylation sites is 1. The summed E-state index contributed by atoms with van der Waals surface area (Å²) in [7, 11) is 0. The molecule has 0 saturated heterocycles. The zero-order valence-corrected chi connectivity index (χ0v) is 10.6. The van der Waals surface area contributed by atoms with Crippen molar-refractivity contribution in [2.45, 2.75) is 19.4 Å². The van der Waals surface area contributed by atoms with Gasteiger partial charge in [-0.1, -0.05) is 18.2 Å².